The third-order valence-electron chi connectivity index (χ3n) is 3.12. The van der Waals surface area contributed by atoms with Crippen molar-refractivity contribution in [3.05, 3.63) is 48.9 Å². The number of hydrogen-bond acceptors (Lipinski definition) is 6. The molecule has 1 N–H and O–H groups in total. The molecule has 3 aromatic rings. The van der Waals surface area contributed by atoms with Gasteiger partial charge in [0.05, 0.1) is 24.2 Å². The number of aromatic nitrogens is 3. The Morgan fingerprint density at radius 1 is 1.17 bits per heavy atom. The normalized spacial score (nSPS) is 10.8. The Labute approximate surface area is 139 Å². The standard InChI is InChI=1S/C17H17N5O2/c1-22(2)11-16(23)20-15-10-13(12-6-3-4-8-18-12)19-17(21-15)14-7-5-9-24-14/h3-10H,11H2,1-2H3,(H,19,20,21,23). The number of rotatable bonds is 5. The first kappa shape index (κ1) is 15.8. The number of carbonyl (C=O) groups excluding carboxylic acids is 1. The van der Waals surface area contributed by atoms with Crippen molar-refractivity contribution in [3.8, 4) is 23.0 Å². The summed E-state index contributed by atoms with van der Waals surface area (Å²) in [6, 6.07) is 10.8. The Hall–Kier alpha value is -3.06. The van der Waals surface area contributed by atoms with Crippen LogP contribution in [0.15, 0.2) is 53.3 Å². The monoisotopic (exact) mass is 323 g/mol. The number of likely N-dealkylation sites (N-methyl/N-ethyl adjacent to an activating group) is 1. The van der Waals surface area contributed by atoms with Crippen LogP contribution in [0.3, 0.4) is 0 Å². The van der Waals surface area contributed by atoms with Crippen molar-refractivity contribution in [2.24, 2.45) is 0 Å². The summed E-state index contributed by atoms with van der Waals surface area (Å²) in [7, 11) is 3.65. The quantitative estimate of drug-likeness (QED) is 0.775. The zero-order valence-electron chi connectivity index (χ0n) is 13.4. The number of pyridine rings is 1. The lowest BCUT2D eigenvalue weighted by Gasteiger charge is -2.11. The van der Waals surface area contributed by atoms with Crippen LogP contribution >= 0.6 is 0 Å². The molecule has 7 heteroatoms. The molecule has 0 spiro atoms. The summed E-state index contributed by atoms with van der Waals surface area (Å²) in [5, 5.41) is 2.78. The molecule has 0 radical (unpaired) electrons. The Kier molecular flexibility index (Phi) is 4.62. The predicted octanol–water partition coefficient (Wildman–Crippen LogP) is 2.30. The maximum Gasteiger partial charge on any atom is 0.239 e. The van der Waals surface area contributed by atoms with Crippen LogP contribution < -0.4 is 5.32 Å². The Morgan fingerprint density at radius 3 is 2.71 bits per heavy atom. The first-order valence-corrected chi connectivity index (χ1v) is 7.41. The van der Waals surface area contributed by atoms with Crippen molar-refractivity contribution in [2.75, 3.05) is 26.0 Å². The van der Waals surface area contributed by atoms with E-state index in [1.54, 1.807) is 35.6 Å². The van der Waals surface area contributed by atoms with Crippen LogP contribution in [0.2, 0.25) is 0 Å². The highest BCUT2D eigenvalue weighted by Gasteiger charge is 2.13. The van der Waals surface area contributed by atoms with Gasteiger partial charge in [0, 0.05) is 12.3 Å². The summed E-state index contributed by atoms with van der Waals surface area (Å²) < 4.78 is 5.37. The third-order valence-corrected chi connectivity index (χ3v) is 3.12. The molecule has 0 aliphatic carbocycles. The van der Waals surface area contributed by atoms with Gasteiger partial charge in [-0.2, -0.15) is 0 Å². The second-order valence-electron chi connectivity index (χ2n) is 5.44. The summed E-state index contributed by atoms with van der Waals surface area (Å²) in [5.41, 5.74) is 1.30. The molecule has 1 amide bonds. The minimum Gasteiger partial charge on any atom is -0.461 e. The second-order valence-corrected chi connectivity index (χ2v) is 5.44. The number of anilines is 1. The molecule has 0 saturated carbocycles. The van der Waals surface area contributed by atoms with Crippen LogP contribution in [0.1, 0.15) is 0 Å². The Balaban J connectivity index is 1.99. The maximum absolute atomic E-state index is 12.0. The molecule has 3 aromatic heterocycles. The summed E-state index contributed by atoms with van der Waals surface area (Å²) in [6.07, 6.45) is 3.24. The Bertz CT molecular complexity index is 816. The molecular formula is C17H17N5O2. The highest BCUT2D eigenvalue weighted by molar-refractivity contribution is 5.92. The van der Waals surface area contributed by atoms with Crippen molar-refractivity contribution in [2.45, 2.75) is 0 Å². The third kappa shape index (κ3) is 3.82. The van der Waals surface area contributed by atoms with Gasteiger partial charge in [0.1, 0.15) is 5.82 Å². The minimum absolute atomic E-state index is 0.156. The van der Waals surface area contributed by atoms with E-state index in [1.165, 1.54) is 0 Å². The van der Waals surface area contributed by atoms with Crippen molar-refractivity contribution < 1.29 is 9.21 Å². The highest BCUT2D eigenvalue weighted by Crippen LogP contribution is 2.23. The molecule has 0 atom stereocenters. The molecule has 3 heterocycles. The number of nitrogens with zero attached hydrogens (tertiary/aromatic N) is 4. The fraction of sp³-hybridized carbons (Fsp3) is 0.176. The molecule has 0 aromatic carbocycles. The molecule has 0 bridgehead atoms. The van der Waals surface area contributed by atoms with Crippen LogP contribution in [-0.4, -0.2) is 46.4 Å². The molecule has 0 unspecified atom stereocenters. The first-order valence-electron chi connectivity index (χ1n) is 7.41. The van der Waals surface area contributed by atoms with Gasteiger partial charge in [0.2, 0.25) is 5.91 Å². The highest BCUT2D eigenvalue weighted by atomic mass is 16.3. The number of carbonyl (C=O) groups is 1. The topological polar surface area (TPSA) is 84.2 Å². The van der Waals surface area contributed by atoms with Crippen molar-refractivity contribution in [1.29, 1.82) is 0 Å². The molecule has 0 aliphatic heterocycles. The summed E-state index contributed by atoms with van der Waals surface area (Å²) >= 11 is 0. The van der Waals surface area contributed by atoms with E-state index in [0.717, 1.165) is 0 Å². The molecule has 0 fully saturated rings. The van der Waals surface area contributed by atoms with E-state index < -0.39 is 0 Å². The zero-order valence-corrected chi connectivity index (χ0v) is 13.4. The van der Waals surface area contributed by atoms with E-state index in [9.17, 15) is 4.79 Å². The van der Waals surface area contributed by atoms with Gasteiger partial charge >= 0.3 is 0 Å². The smallest absolute Gasteiger partial charge is 0.239 e. The zero-order chi connectivity index (χ0) is 16.9. The molecule has 24 heavy (non-hydrogen) atoms. The van der Waals surface area contributed by atoms with E-state index in [1.807, 2.05) is 32.3 Å². The molecule has 122 valence electrons. The summed E-state index contributed by atoms with van der Waals surface area (Å²) in [5.74, 6) is 1.17. The number of amides is 1. The van der Waals surface area contributed by atoms with E-state index in [4.69, 9.17) is 4.42 Å². The van der Waals surface area contributed by atoms with Gasteiger partial charge in [-0.25, -0.2) is 9.97 Å². The van der Waals surface area contributed by atoms with Crippen molar-refractivity contribution in [3.63, 3.8) is 0 Å². The van der Waals surface area contributed by atoms with Crippen LogP contribution in [-0.2, 0) is 4.79 Å². The first-order chi connectivity index (χ1) is 11.6. The van der Waals surface area contributed by atoms with Gasteiger partial charge in [-0.15, -0.1) is 0 Å². The SMILES string of the molecule is CN(C)CC(=O)Nc1cc(-c2ccccn2)nc(-c2ccco2)n1. The van der Waals surface area contributed by atoms with Gasteiger partial charge < -0.3 is 14.6 Å². The van der Waals surface area contributed by atoms with Crippen molar-refractivity contribution in [1.82, 2.24) is 19.9 Å². The van der Waals surface area contributed by atoms with Gasteiger partial charge in [-0.05, 0) is 38.4 Å². The average Bonchev–Trinajstić information content (AvgIpc) is 3.09. The van der Waals surface area contributed by atoms with E-state index in [0.29, 0.717) is 28.8 Å². The fourth-order valence-corrected chi connectivity index (χ4v) is 2.14. The predicted molar refractivity (Wildman–Crippen MR) is 90.1 cm³/mol. The van der Waals surface area contributed by atoms with Crippen molar-refractivity contribution >= 4 is 11.7 Å². The van der Waals surface area contributed by atoms with Crippen LogP contribution in [0.4, 0.5) is 5.82 Å². The maximum atomic E-state index is 12.0. The lowest BCUT2D eigenvalue weighted by molar-refractivity contribution is -0.116. The number of nitrogens with one attached hydrogen (secondary N) is 1. The largest absolute Gasteiger partial charge is 0.461 e. The summed E-state index contributed by atoms with van der Waals surface area (Å²) in [6.45, 7) is 0.263. The van der Waals surface area contributed by atoms with Gasteiger partial charge in [0.25, 0.3) is 0 Å². The van der Waals surface area contributed by atoms with Crippen LogP contribution in [0.25, 0.3) is 23.0 Å². The van der Waals surface area contributed by atoms with E-state index >= 15 is 0 Å². The van der Waals surface area contributed by atoms with Crippen LogP contribution in [0.5, 0.6) is 0 Å². The van der Waals surface area contributed by atoms with Gasteiger partial charge in [-0.3, -0.25) is 9.78 Å². The number of furan rings is 1. The van der Waals surface area contributed by atoms with Gasteiger partial charge in [0.15, 0.2) is 11.6 Å². The summed E-state index contributed by atoms with van der Waals surface area (Å²) in [4.78, 5) is 26.9. The van der Waals surface area contributed by atoms with E-state index in [-0.39, 0.29) is 12.5 Å². The molecule has 3 rings (SSSR count). The number of hydrogen-bond donors (Lipinski definition) is 1. The molecule has 0 aliphatic rings. The Morgan fingerprint density at radius 2 is 2.04 bits per heavy atom. The fourth-order valence-electron chi connectivity index (χ4n) is 2.14. The van der Waals surface area contributed by atoms with E-state index in [2.05, 4.69) is 20.3 Å². The molecule has 7 nitrogen and oxygen atoms in total. The molecule has 0 saturated heterocycles. The molecular weight excluding hydrogens is 306 g/mol. The minimum atomic E-state index is -0.156. The van der Waals surface area contributed by atoms with Crippen LogP contribution in [0, 0.1) is 0 Å². The lowest BCUT2D eigenvalue weighted by Crippen LogP contribution is -2.27. The second kappa shape index (κ2) is 7.01. The lowest BCUT2D eigenvalue weighted by atomic mass is 10.2. The van der Waals surface area contributed by atoms with Gasteiger partial charge in [-0.1, -0.05) is 6.07 Å². The average molecular weight is 323 g/mol.